The minimum absolute atomic E-state index is 0.0815. The maximum absolute atomic E-state index is 12.1. The van der Waals surface area contributed by atoms with Gasteiger partial charge in [-0.1, -0.05) is 18.2 Å². The molecule has 1 aromatic carbocycles. The minimum Gasteiger partial charge on any atom is -0.494 e. The second-order valence-corrected chi connectivity index (χ2v) is 4.09. The Balaban J connectivity index is 2.23. The van der Waals surface area contributed by atoms with Gasteiger partial charge in [0.25, 0.3) is 0 Å². The summed E-state index contributed by atoms with van der Waals surface area (Å²) in [7, 11) is 1.67. The summed E-state index contributed by atoms with van der Waals surface area (Å²) in [6.45, 7) is 0.410. The van der Waals surface area contributed by atoms with Crippen molar-refractivity contribution >= 4 is 0 Å². The van der Waals surface area contributed by atoms with Gasteiger partial charge in [-0.2, -0.15) is 13.2 Å². The van der Waals surface area contributed by atoms with E-state index in [1.807, 2.05) is 30.3 Å². The maximum atomic E-state index is 12.1. The normalized spacial score (nSPS) is 13.3. The second kappa shape index (κ2) is 7.26. The van der Waals surface area contributed by atoms with Crippen LogP contribution in [0, 0.1) is 0 Å². The zero-order valence-corrected chi connectivity index (χ0v) is 10.3. The quantitative estimate of drug-likeness (QED) is 0.812. The summed E-state index contributed by atoms with van der Waals surface area (Å²) in [5, 5.41) is 2.88. The summed E-state index contributed by atoms with van der Waals surface area (Å²) in [6.07, 6.45) is -4.21. The Bertz CT molecular complexity index is 327. The Kier molecular flexibility index (Phi) is 5.98. The molecule has 0 radical (unpaired) electrons. The van der Waals surface area contributed by atoms with Crippen molar-refractivity contribution in [1.82, 2.24) is 5.32 Å². The van der Waals surface area contributed by atoms with Crippen molar-refractivity contribution in [3.05, 3.63) is 30.3 Å². The van der Waals surface area contributed by atoms with Gasteiger partial charge in [0, 0.05) is 12.5 Å². The Morgan fingerprint density at radius 1 is 1.17 bits per heavy atom. The summed E-state index contributed by atoms with van der Waals surface area (Å²) in [5.74, 6) is 0.739. The topological polar surface area (TPSA) is 21.3 Å². The molecule has 0 saturated carbocycles. The van der Waals surface area contributed by atoms with Gasteiger partial charge in [-0.05, 0) is 32.0 Å². The van der Waals surface area contributed by atoms with Crippen LogP contribution in [0.5, 0.6) is 5.75 Å². The van der Waals surface area contributed by atoms with E-state index in [4.69, 9.17) is 4.74 Å². The highest BCUT2D eigenvalue weighted by Gasteiger charge is 2.27. The zero-order chi connectivity index (χ0) is 13.4. The highest BCUT2D eigenvalue weighted by Crippen LogP contribution is 2.23. The van der Waals surface area contributed by atoms with Crippen LogP contribution in [0.2, 0.25) is 0 Å². The molecule has 0 aliphatic carbocycles. The highest BCUT2D eigenvalue weighted by atomic mass is 19.4. The van der Waals surface area contributed by atoms with E-state index < -0.39 is 12.6 Å². The van der Waals surface area contributed by atoms with Crippen molar-refractivity contribution in [1.29, 1.82) is 0 Å². The lowest BCUT2D eigenvalue weighted by molar-refractivity contribution is -0.136. The van der Waals surface area contributed by atoms with E-state index in [9.17, 15) is 13.2 Å². The molecule has 1 N–H and O–H groups in total. The summed E-state index contributed by atoms with van der Waals surface area (Å²) in [6, 6.07) is 9.07. The molecule has 2 nitrogen and oxygen atoms in total. The molecule has 1 atom stereocenters. The van der Waals surface area contributed by atoms with Crippen molar-refractivity contribution in [2.75, 3.05) is 13.7 Å². The molecule has 0 bridgehead atoms. The Morgan fingerprint density at radius 2 is 1.83 bits per heavy atom. The Hall–Kier alpha value is -1.23. The molecule has 0 aromatic heterocycles. The fraction of sp³-hybridized carbons (Fsp3) is 0.538. The number of para-hydroxylation sites is 1. The second-order valence-electron chi connectivity index (χ2n) is 4.09. The fourth-order valence-electron chi connectivity index (χ4n) is 1.61. The molecule has 0 spiro atoms. The number of alkyl halides is 3. The van der Waals surface area contributed by atoms with Crippen LogP contribution >= 0.6 is 0 Å². The standard InChI is InChI=1S/C13H18F3NO/c1-17-11(7-9-13(14,15)16)8-10-18-12-5-3-2-4-6-12/h2-6,11,17H,7-10H2,1H3. The molecule has 102 valence electrons. The van der Waals surface area contributed by atoms with Crippen LogP contribution in [0.3, 0.4) is 0 Å². The lowest BCUT2D eigenvalue weighted by atomic mass is 10.1. The molecular weight excluding hydrogens is 243 g/mol. The number of ether oxygens (including phenoxy) is 1. The van der Waals surface area contributed by atoms with Gasteiger partial charge >= 0.3 is 6.18 Å². The van der Waals surface area contributed by atoms with Gasteiger partial charge in [0.05, 0.1) is 6.61 Å². The van der Waals surface area contributed by atoms with E-state index in [2.05, 4.69) is 5.32 Å². The van der Waals surface area contributed by atoms with E-state index in [0.717, 1.165) is 5.75 Å². The van der Waals surface area contributed by atoms with Crippen LogP contribution in [0.1, 0.15) is 19.3 Å². The molecule has 1 rings (SSSR count). The molecule has 18 heavy (non-hydrogen) atoms. The van der Waals surface area contributed by atoms with E-state index in [1.54, 1.807) is 7.05 Å². The maximum Gasteiger partial charge on any atom is 0.389 e. The van der Waals surface area contributed by atoms with Gasteiger partial charge in [0.15, 0.2) is 0 Å². The summed E-state index contributed by atoms with van der Waals surface area (Å²) >= 11 is 0. The molecule has 0 aliphatic heterocycles. The third-order valence-corrected chi connectivity index (χ3v) is 2.66. The van der Waals surface area contributed by atoms with Gasteiger partial charge in [-0.25, -0.2) is 0 Å². The lowest BCUT2D eigenvalue weighted by Crippen LogP contribution is -2.29. The van der Waals surface area contributed by atoms with E-state index in [1.165, 1.54) is 0 Å². The van der Waals surface area contributed by atoms with Crippen LogP contribution in [0.4, 0.5) is 13.2 Å². The first-order valence-electron chi connectivity index (χ1n) is 5.93. The number of benzene rings is 1. The molecule has 5 heteroatoms. The third-order valence-electron chi connectivity index (χ3n) is 2.66. The first kappa shape index (κ1) is 14.8. The average molecular weight is 261 g/mol. The van der Waals surface area contributed by atoms with Gasteiger partial charge in [-0.3, -0.25) is 0 Å². The molecule has 0 heterocycles. The minimum atomic E-state index is -4.09. The summed E-state index contributed by atoms with van der Waals surface area (Å²) < 4.78 is 41.7. The number of hydrogen-bond donors (Lipinski definition) is 1. The van der Waals surface area contributed by atoms with E-state index >= 15 is 0 Å². The molecule has 1 unspecified atom stereocenters. The number of nitrogens with one attached hydrogen (secondary N) is 1. The predicted molar refractivity (Wildman–Crippen MR) is 64.7 cm³/mol. The smallest absolute Gasteiger partial charge is 0.389 e. The molecule has 0 aliphatic rings. The van der Waals surface area contributed by atoms with Crippen LogP contribution in [0.15, 0.2) is 30.3 Å². The number of hydrogen-bond acceptors (Lipinski definition) is 2. The Labute approximate surface area is 105 Å². The molecule has 0 saturated heterocycles. The monoisotopic (exact) mass is 261 g/mol. The highest BCUT2D eigenvalue weighted by molar-refractivity contribution is 5.20. The Morgan fingerprint density at radius 3 is 2.39 bits per heavy atom. The fourth-order valence-corrected chi connectivity index (χ4v) is 1.61. The van der Waals surface area contributed by atoms with Crippen molar-refractivity contribution in [2.45, 2.75) is 31.5 Å². The first-order chi connectivity index (χ1) is 8.51. The SMILES string of the molecule is CNC(CCOc1ccccc1)CCC(F)(F)F. The van der Waals surface area contributed by atoms with Gasteiger partial charge in [0.2, 0.25) is 0 Å². The van der Waals surface area contributed by atoms with Crippen LogP contribution in [0.25, 0.3) is 0 Å². The van der Waals surface area contributed by atoms with Gasteiger partial charge in [0.1, 0.15) is 5.75 Å². The van der Waals surface area contributed by atoms with E-state index in [-0.39, 0.29) is 12.5 Å². The molecule has 0 fully saturated rings. The third kappa shape index (κ3) is 6.49. The number of halogens is 3. The van der Waals surface area contributed by atoms with E-state index in [0.29, 0.717) is 13.0 Å². The summed E-state index contributed by atoms with van der Waals surface area (Å²) in [4.78, 5) is 0. The van der Waals surface area contributed by atoms with Crippen molar-refractivity contribution in [3.63, 3.8) is 0 Å². The molecule has 0 amide bonds. The average Bonchev–Trinajstić information content (AvgIpc) is 2.33. The zero-order valence-electron chi connectivity index (χ0n) is 10.3. The first-order valence-corrected chi connectivity index (χ1v) is 5.93. The molecule has 1 aromatic rings. The lowest BCUT2D eigenvalue weighted by Gasteiger charge is -2.17. The molecular formula is C13H18F3NO. The number of rotatable bonds is 7. The van der Waals surface area contributed by atoms with Crippen molar-refractivity contribution in [3.8, 4) is 5.75 Å². The van der Waals surface area contributed by atoms with Crippen LogP contribution in [-0.4, -0.2) is 25.9 Å². The largest absolute Gasteiger partial charge is 0.494 e. The van der Waals surface area contributed by atoms with Crippen LogP contribution in [-0.2, 0) is 0 Å². The van der Waals surface area contributed by atoms with Crippen molar-refractivity contribution < 1.29 is 17.9 Å². The predicted octanol–water partition coefficient (Wildman–Crippen LogP) is 3.39. The van der Waals surface area contributed by atoms with Crippen molar-refractivity contribution in [2.24, 2.45) is 0 Å². The van der Waals surface area contributed by atoms with Crippen LogP contribution < -0.4 is 10.1 Å². The van der Waals surface area contributed by atoms with Gasteiger partial charge in [-0.15, -0.1) is 0 Å². The van der Waals surface area contributed by atoms with Gasteiger partial charge < -0.3 is 10.1 Å². The summed E-state index contributed by atoms with van der Waals surface area (Å²) in [5.41, 5.74) is 0.